The number of halogens is 1. The summed E-state index contributed by atoms with van der Waals surface area (Å²) in [6, 6.07) is 21.8. The Morgan fingerprint density at radius 2 is 1.69 bits per heavy atom. The Bertz CT molecular complexity index is 1080. The van der Waals surface area contributed by atoms with Gasteiger partial charge in [0.1, 0.15) is 6.61 Å². The van der Waals surface area contributed by atoms with E-state index in [0.717, 1.165) is 11.1 Å². The average Bonchev–Trinajstić information content (AvgIpc) is 2.77. The molecule has 0 radical (unpaired) electrons. The molecule has 0 aliphatic carbocycles. The van der Waals surface area contributed by atoms with Crippen LogP contribution >= 0.6 is 0 Å². The summed E-state index contributed by atoms with van der Waals surface area (Å²) < 4.78 is 18.5. The Morgan fingerprint density at radius 1 is 0.897 bits per heavy atom. The van der Waals surface area contributed by atoms with Gasteiger partial charge in [-0.2, -0.15) is 4.39 Å². The Kier molecular flexibility index (Phi) is 5.77. The van der Waals surface area contributed by atoms with Gasteiger partial charge >= 0.3 is 0 Å². The van der Waals surface area contributed by atoms with Crippen molar-refractivity contribution in [3.05, 3.63) is 102 Å². The van der Waals surface area contributed by atoms with E-state index in [1.54, 1.807) is 12.3 Å². The zero-order chi connectivity index (χ0) is 20.1. The summed E-state index contributed by atoms with van der Waals surface area (Å²) in [4.78, 5) is 7.97. The molecule has 29 heavy (non-hydrogen) atoms. The fourth-order valence-corrected chi connectivity index (χ4v) is 3.26. The van der Waals surface area contributed by atoms with Gasteiger partial charge in [-0.05, 0) is 41.0 Å². The number of nitrogens with one attached hydrogen (secondary N) is 1. The summed E-state index contributed by atoms with van der Waals surface area (Å²) in [5.74, 6) is 0.0293. The minimum absolute atomic E-state index is 0.211. The van der Waals surface area contributed by atoms with E-state index in [4.69, 9.17) is 4.74 Å². The van der Waals surface area contributed by atoms with Crippen molar-refractivity contribution in [2.45, 2.75) is 26.1 Å². The molecule has 5 heteroatoms. The highest BCUT2D eigenvalue weighted by Crippen LogP contribution is 2.24. The number of hydrogen-bond donors (Lipinski definition) is 1. The molecule has 2 aromatic carbocycles. The molecule has 0 bridgehead atoms. The molecular formula is C24H22FN3O. The lowest BCUT2D eigenvalue weighted by Crippen LogP contribution is -2.18. The lowest BCUT2D eigenvalue weighted by molar-refractivity contribution is 0.293. The molecule has 4 nitrogen and oxygen atoms in total. The molecule has 0 aliphatic rings. The molecule has 0 amide bonds. The van der Waals surface area contributed by atoms with Crippen LogP contribution in [-0.4, -0.2) is 9.97 Å². The van der Waals surface area contributed by atoms with E-state index in [9.17, 15) is 4.39 Å². The molecule has 1 N–H and O–H groups in total. The second kappa shape index (κ2) is 8.80. The first-order chi connectivity index (χ1) is 14.2. The smallest absolute Gasteiger partial charge is 0.213 e. The largest absolute Gasteiger partial charge is 0.473 e. The van der Waals surface area contributed by atoms with Crippen LogP contribution in [0.2, 0.25) is 0 Å². The van der Waals surface area contributed by atoms with Gasteiger partial charge in [0.25, 0.3) is 0 Å². The van der Waals surface area contributed by atoms with Crippen molar-refractivity contribution in [1.29, 1.82) is 0 Å². The quantitative estimate of drug-likeness (QED) is 0.443. The highest BCUT2D eigenvalue weighted by molar-refractivity contribution is 5.86. The van der Waals surface area contributed by atoms with Gasteiger partial charge in [-0.1, -0.05) is 48.5 Å². The second-order valence-electron chi connectivity index (χ2n) is 6.95. The molecule has 0 unspecified atom stereocenters. The van der Waals surface area contributed by atoms with Crippen molar-refractivity contribution >= 4 is 10.8 Å². The van der Waals surface area contributed by atoms with Crippen LogP contribution in [0.25, 0.3) is 10.8 Å². The molecule has 0 aliphatic heterocycles. The molecule has 0 fully saturated rings. The second-order valence-corrected chi connectivity index (χ2v) is 6.95. The number of rotatable bonds is 7. The molecule has 0 saturated heterocycles. The van der Waals surface area contributed by atoms with Gasteiger partial charge in [-0.25, -0.2) is 9.97 Å². The number of nitrogens with zero attached hydrogens (tertiary/aromatic N) is 2. The van der Waals surface area contributed by atoms with Crippen LogP contribution in [0.5, 0.6) is 5.88 Å². The van der Waals surface area contributed by atoms with Gasteiger partial charge < -0.3 is 10.1 Å². The average molecular weight is 387 g/mol. The van der Waals surface area contributed by atoms with Gasteiger partial charge in [0.05, 0.1) is 0 Å². The Labute approximate surface area is 169 Å². The normalized spacial score (nSPS) is 12.1. The lowest BCUT2D eigenvalue weighted by atomic mass is 9.99. The van der Waals surface area contributed by atoms with Crippen LogP contribution < -0.4 is 10.1 Å². The number of benzene rings is 2. The minimum Gasteiger partial charge on any atom is -0.473 e. The molecule has 2 heterocycles. The number of ether oxygens (including phenoxy) is 1. The van der Waals surface area contributed by atoms with Crippen molar-refractivity contribution in [3.63, 3.8) is 0 Å². The van der Waals surface area contributed by atoms with Crippen LogP contribution in [0.15, 0.2) is 79.1 Å². The molecule has 1 atom stereocenters. The van der Waals surface area contributed by atoms with E-state index in [0.29, 0.717) is 19.0 Å². The zero-order valence-corrected chi connectivity index (χ0v) is 16.2. The standard InChI is InChI=1S/C24H22FN3O/c1-17(21-8-4-6-20-5-2-3-7-22(20)21)26-13-18-10-12-24(28-14-18)29-16-19-9-11-23(25)27-15-19/h2-12,14-15,17,26H,13,16H2,1H3/t17-/m1/s1. The molecular weight excluding hydrogens is 365 g/mol. The minimum atomic E-state index is -0.499. The van der Waals surface area contributed by atoms with E-state index in [2.05, 4.69) is 64.7 Å². The highest BCUT2D eigenvalue weighted by Gasteiger charge is 2.09. The number of hydrogen-bond acceptors (Lipinski definition) is 4. The van der Waals surface area contributed by atoms with Crippen molar-refractivity contribution in [1.82, 2.24) is 15.3 Å². The van der Waals surface area contributed by atoms with Crippen LogP contribution in [0, 0.1) is 5.95 Å². The summed E-state index contributed by atoms with van der Waals surface area (Å²) in [5, 5.41) is 6.08. The molecule has 4 rings (SSSR count). The predicted molar refractivity (Wildman–Crippen MR) is 112 cm³/mol. The van der Waals surface area contributed by atoms with E-state index >= 15 is 0 Å². The van der Waals surface area contributed by atoms with Crippen molar-refractivity contribution in [2.24, 2.45) is 0 Å². The third-order valence-corrected chi connectivity index (χ3v) is 4.88. The summed E-state index contributed by atoms with van der Waals surface area (Å²) in [5.41, 5.74) is 3.15. The maximum atomic E-state index is 12.8. The van der Waals surface area contributed by atoms with E-state index in [1.165, 1.54) is 28.6 Å². The zero-order valence-electron chi connectivity index (χ0n) is 16.2. The van der Waals surface area contributed by atoms with E-state index < -0.39 is 5.95 Å². The van der Waals surface area contributed by atoms with Gasteiger partial charge in [0, 0.05) is 36.6 Å². The molecule has 4 aromatic rings. The first-order valence-corrected chi connectivity index (χ1v) is 9.58. The fraction of sp³-hybridized carbons (Fsp3) is 0.167. The monoisotopic (exact) mass is 387 g/mol. The van der Waals surface area contributed by atoms with E-state index in [1.807, 2.05) is 12.1 Å². The molecule has 2 aromatic heterocycles. The first-order valence-electron chi connectivity index (χ1n) is 9.58. The summed E-state index contributed by atoms with van der Waals surface area (Å²) in [7, 11) is 0. The van der Waals surface area contributed by atoms with Gasteiger partial charge in [-0.3, -0.25) is 0 Å². The van der Waals surface area contributed by atoms with Crippen LogP contribution in [-0.2, 0) is 13.2 Å². The summed E-state index contributed by atoms with van der Waals surface area (Å²) in [6.45, 7) is 3.18. The summed E-state index contributed by atoms with van der Waals surface area (Å²) >= 11 is 0. The van der Waals surface area contributed by atoms with Crippen LogP contribution in [0.3, 0.4) is 0 Å². The predicted octanol–water partition coefficient (Wildman–Crippen LogP) is 5.20. The first kappa shape index (κ1) is 19.0. The Hall–Kier alpha value is -3.31. The third kappa shape index (κ3) is 4.76. The van der Waals surface area contributed by atoms with Crippen LogP contribution in [0.4, 0.5) is 4.39 Å². The number of pyridine rings is 2. The molecule has 0 spiro atoms. The fourth-order valence-electron chi connectivity index (χ4n) is 3.26. The van der Waals surface area contributed by atoms with Crippen molar-refractivity contribution in [2.75, 3.05) is 0 Å². The number of aromatic nitrogens is 2. The molecule has 146 valence electrons. The third-order valence-electron chi connectivity index (χ3n) is 4.88. The topological polar surface area (TPSA) is 47.0 Å². The molecule has 0 saturated carbocycles. The lowest BCUT2D eigenvalue weighted by Gasteiger charge is -2.17. The van der Waals surface area contributed by atoms with Crippen LogP contribution in [0.1, 0.15) is 29.7 Å². The van der Waals surface area contributed by atoms with Gasteiger partial charge in [-0.15, -0.1) is 0 Å². The van der Waals surface area contributed by atoms with Gasteiger partial charge in [0.2, 0.25) is 11.8 Å². The van der Waals surface area contributed by atoms with Gasteiger partial charge in [0.15, 0.2) is 0 Å². The maximum absolute atomic E-state index is 12.8. The SMILES string of the molecule is C[C@@H](NCc1ccc(OCc2ccc(F)nc2)nc1)c1cccc2ccccc12. The van der Waals surface area contributed by atoms with Crippen molar-refractivity contribution < 1.29 is 9.13 Å². The highest BCUT2D eigenvalue weighted by atomic mass is 19.1. The number of fused-ring (bicyclic) bond motifs is 1. The summed E-state index contributed by atoms with van der Waals surface area (Å²) in [6.07, 6.45) is 3.27. The maximum Gasteiger partial charge on any atom is 0.213 e. The Balaban J connectivity index is 1.34. The van der Waals surface area contributed by atoms with E-state index in [-0.39, 0.29) is 6.04 Å². The van der Waals surface area contributed by atoms with Crippen molar-refractivity contribution in [3.8, 4) is 5.88 Å². The Morgan fingerprint density at radius 3 is 2.48 bits per heavy atom.